The number of thiocarbonyl (C=S) groups is 1. The molecule has 0 fully saturated rings. The Bertz CT molecular complexity index is 87.1. The van der Waals surface area contributed by atoms with Crippen molar-refractivity contribution in [3.63, 3.8) is 0 Å². The van der Waals surface area contributed by atoms with Gasteiger partial charge in [-0.3, -0.25) is 4.79 Å². The predicted octanol–water partition coefficient (Wildman–Crippen LogP) is 0.764. The van der Waals surface area contributed by atoms with Crippen LogP contribution >= 0.6 is 24.8 Å². The van der Waals surface area contributed by atoms with E-state index in [0.717, 1.165) is 0 Å². The summed E-state index contributed by atoms with van der Waals surface area (Å²) in [5.41, 5.74) is 0. The number of rotatable bonds is 0. The van der Waals surface area contributed by atoms with Gasteiger partial charge in [0.2, 0.25) is 4.38 Å². The monoisotopic (exact) mass is 136 g/mol. The fourth-order valence-corrected chi connectivity index (χ4v) is 0.369. The van der Waals surface area contributed by atoms with E-state index in [2.05, 4.69) is 29.6 Å². The molecule has 0 spiro atoms. The molecule has 40 valence electrons. The van der Waals surface area contributed by atoms with Crippen LogP contribution in [-0.2, 0) is 9.53 Å². The lowest BCUT2D eigenvalue weighted by Gasteiger charge is -1.90. The summed E-state index contributed by atoms with van der Waals surface area (Å²) >= 11 is 7.82. The maximum atomic E-state index is 9.90. The molecule has 0 N–H and O–H groups in total. The minimum absolute atomic E-state index is 0.0347. The first kappa shape index (κ1) is 6.91. The number of esters is 1. The molecule has 0 saturated heterocycles. The van der Waals surface area contributed by atoms with Crippen molar-refractivity contribution in [2.45, 2.75) is 6.92 Å². The summed E-state index contributed by atoms with van der Waals surface area (Å²) in [6, 6.07) is 0. The maximum absolute atomic E-state index is 9.90. The number of carbonyl (C=O) groups is 1. The Balaban J connectivity index is 3.32. The van der Waals surface area contributed by atoms with Crippen LogP contribution in [0.1, 0.15) is 6.92 Å². The summed E-state index contributed by atoms with van der Waals surface area (Å²) in [6.45, 7) is 1.27. The smallest absolute Gasteiger partial charge is 0.309 e. The molecule has 0 atom stereocenters. The zero-order chi connectivity index (χ0) is 5.86. The van der Waals surface area contributed by atoms with Gasteiger partial charge in [-0.1, -0.05) is 12.6 Å². The molecule has 0 heterocycles. The first-order valence-electron chi connectivity index (χ1n) is 1.54. The van der Waals surface area contributed by atoms with E-state index in [1.165, 1.54) is 6.92 Å². The SMILES string of the molecule is CC(=O)OC(=S)S. The van der Waals surface area contributed by atoms with E-state index in [1.807, 2.05) is 0 Å². The first-order valence-corrected chi connectivity index (χ1v) is 2.40. The van der Waals surface area contributed by atoms with E-state index in [0.29, 0.717) is 0 Å². The van der Waals surface area contributed by atoms with E-state index in [9.17, 15) is 4.79 Å². The van der Waals surface area contributed by atoms with Gasteiger partial charge in [0, 0.05) is 6.92 Å². The Labute approximate surface area is 52.3 Å². The summed E-state index contributed by atoms with van der Waals surface area (Å²) in [5, 5.41) is 0. The van der Waals surface area contributed by atoms with Crippen LogP contribution in [0.4, 0.5) is 0 Å². The van der Waals surface area contributed by atoms with Crippen molar-refractivity contribution in [2.24, 2.45) is 0 Å². The molecule has 4 heteroatoms. The number of thiol groups is 1. The van der Waals surface area contributed by atoms with E-state index in [1.54, 1.807) is 0 Å². The van der Waals surface area contributed by atoms with E-state index in [-0.39, 0.29) is 4.38 Å². The van der Waals surface area contributed by atoms with Gasteiger partial charge in [0.15, 0.2) is 0 Å². The van der Waals surface area contributed by atoms with E-state index in [4.69, 9.17) is 0 Å². The van der Waals surface area contributed by atoms with Crippen LogP contribution in [0.2, 0.25) is 0 Å². The van der Waals surface area contributed by atoms with Crippen LogP contribution in [0.25, 0.3) is 0 Å². The zero-order valence-electron chi connectivity index (χ0n) is 3.67. The Kier molecular flexibility index (Phi) is 2.95. The van der Waals surface area contributed by atoms with Crippen LogP contribution in [0.3, 0.4) is 0 Å². The van der Waals surface area contributed by atoms with Crippen molar-refractivity contribution < 1.29 is 9.53 Å². The molecule has 0 unspecified atom stereocenters. The molecular formula is C3H4O2S2. The predicted molar refractivity (Wildman–Crippen MR) is 33.3 cm³/mol. The van der Waals surface area contributed by atoms with Crippen LogP contribution in [-0.4, -0.2) is 10.4 Å². The van der Waals surface area contributed by atoms with Crippen molar-refractivity contribution in [1.29, 1.82) is 0 Å². The highest BCUT2D eigenvalue weighted by molar-refractivity contribution is 8.10. The molecule has 2 nitrogen and oxygen atoms in total. The lowest BCUT2D eigenvalue weighted by molar-refractivity contribution is -0.132. The Morgan fingerprint density at radius 2 is 2.29 bits per heavy atom. The summed E-state index contributed by atoms with van der Waals surface area (Å²) in [5.74, 6) is -0.431. The second-order valence-corrected chi connectivity index (χ2v) is 1.94. The van der Waals surface area contributed by atoms with Crippen LogP contribution in [0.5, 0.6) is 0 Å². The largest absolute Gasteiger partial charge is 0.409 e. The van der Waals surface area contributed by atoms with Gasteiger partial charge >= 0.3 is 5.97 Å². The lowest BCUT2D eigenvalue weighted by atomic mass is 10.8. The van der Waals surface area contributed by atoms with Crippen molar-refractivity contribution in [3.05, 3.63) is 0 Å². The molecule has 0 bridgehead atoms. The van der Waals surface area contributed by atoms with Gasteiger partial charge in [-0.2, -0.15) is 0 Å². The van der Waals surface area contributed by atoms with E-state index < -0.39 is 5.97 Å². The van der Waals surface area contributed by atoms with Gasteiger partial charge in [-0.15, -0.1) is 0 Å². The Morgan fingerprint density at radius 3 is 2.29 bits per heavy atom. The van der Waals surface area contributed by atoms with Gasteiger partial charge in [0.25, 0.3) is 0 Å². The number of carbonyl (C=O) groups excluding carboxylic acids is 1. The average Bonchev–Trinajstić information content (AvgIpc) is 1.27. The first-order chi connectivity index (χ1) is 3.13. The number of hydrogen-bond acceptors (Lipinski definition) is 3. The number of hydrogen-bond donors (Lipinski definition) is 1. The Hall–Kier alpha value is -0.0900. The molecule has 0 aliphatic rings. The van der Waals surface area contributed by atoms with Crippen LogP contribution < -0.4 is 0 Å². The zero-order valence-corrected chi connectivity index (χ0v) is 5.38. The van der Waals surface area contributed by atoms with Gasteiger partial charge < -0.3 is 4.74 Å². The molecule has 7 heavy (non-hydrogen) atoms. The van der Waals surface area contributed by atoms with Gasteiger partial charge in [0.1, 0.15) is 0 Å². The third-order valence-corrected chi connectivity index (χ3v) is 0.406. The normalized spacial score (nSPS) is 7.71. The third-order valence-electron chi connectivity index (χ3n) is 0.231. The number of ether oxygens (including phenoxy) is 1. The quantitative estimate of drug-likeness (QED) is 0.302. The topological polar surface area (TPSA) is 26.3 Å². The highest BCUT2D eigenvalue weighted by Crippen LogP contribution is 1.85. The second kappa shape index (κ2) is 2.98. The van der Waals surface area contributed by atoms with E-state index >= 15 is 0 Å². The standard InChI is InChI=1S/C3H4O2S2/c1-2(4)5-3(6)7/h1H3,(H,6,7). The molecule has 0 rings (SSSR count). The summed E-state index contributed by atoms with van der Waals surface area (Å²) in [6.07, 6.45) is 0. The van der Waals surface area contributed by atoms with Gasteiger partial charge in [0.05, 0.1) is 0 Å². The van der Waals surface area contributed by atoms with Crippen molar-refractivity contribution in [1.82, 2.24) is 0 Å². The van der Waals surface area contributed by atoms with Crippen LogP contribution in [0.15, 0.2) is 0 Å². The van der Waals surface area contributed by atoms with Gasteiger partial charge in [-0.25, -0.2) is 0 Å². The highest BCUT2D eigenvalue weighted by atomic mass is 32.1. The van der Waals surface area contributed by atoms with Gasteiger partial charge in [-0.05, 0) is 12.2 Å². The third kappa shape index (κ3) is 5.91. The molecular weight excluding hydrogens is 132 g/mol. The second-order valence-electron chi connectivity index (χ2n) is 0.860. The maximum Gasteiger partial charge on any atom is 0.309 e. The summed E-state index contributed by atoms with van der Waals surface area (Å²) < 4.78 is 4.17. The molecule has 0 saturated carbocycles. The summed E-state index contributed by atoms with van der Waals surface area (Å²) in [4.78, 5) is 9.90. The molecule has 0 aliphatic heterocycles. The lowest BCUT2D eigenvalue weighted by Crippen LogP contribution is -1.98. The molecule has 0 aromatic heterocycles. The molecule has 0 aliphatic carbocycles. The minimum Gasteiger partial charge on any atom is -0.409 e. The minimum atomic E-state index is -0.431. The van der Waals surface area contributed by atoms with Crippen molar-refractivity contribution in [2.75, 3.05) is 0 Å². The summed E-state index contributed by atoms with van der Waals surface area (Å²) in [7, 11) is 0. The highest BCUT2D eigenvalue weighted by Gasteiger charge is 1.90. The molecule has 0 aromatic carbocycles. The Morgan fingerprint density at radius 1 is 1.86 bits per heavy atom. The fourth-order valence-electron chi connectivity index (χ4n) is 0.123. The molecule has 0 amide bonds. The molecule has 0 radical (unpaired) electrons. The van der Waals surface area contributed by atoms with Crippen LogP contribution in [0, 0.1) is 0 Å². The molecule has 0 aromatic rings. The average molecular weight is 136 g/mol. The van der Waals surface area contributed by atoms with Crippen molar-refractivity contribution in [3.8, 4) is 0 Å². The van der Waals surface area contributed by atoms with Crippen molar-refractivity contribution >= 4 is 35.2 Å². The fraction of sp³-hybridized carbons (Fsp3) is 0.333.